The van der Waals surface area contributed by atoms with Crippen LogP contribution < -0.4 is 0 Å². The smallest absolute Gasteiger partial charge is 0.0360 e. The van der Waals surface area contributed by atoms with Gasteiger partial charge in [0.05, 0.1) is 0 Å². The highest BCUT2D eigenvalue weighted by Gasteiger charge is 2.17. The lowest BCUT2D eigenvalue weighted by Crippen LogP contribution is -2.33. The molecule has 0 unspecified atom stereocenters. The molecule has 1 fully saturated rings. The second kappa shape index (κ2) is 5.29. The molecule has 2 aromatic rings. The molecule has 0 spiro atoms. The Kier molecular flexibility index (Phi) is 3.53. The van der Waals surface area contributed by atoms with Crippen LogP contribution in [-0.4, -0.2) is 23.4 Å². The maximum absolute atomic E-state index is 6.15. The number of rotatable bonds is 2. The molecule has 1 nitrogen and oxygen atoms in total. The highest BCUT2D eigenvalue weighted by atomic mass is 35.5. The van der Waals surface area contributed by atoms with Crippen LogP contribution in [0.25, 0.3) is 10.8 Å². The van der Waals surface area contributed by atoms with Crippen molar-refractivity contribution in [3.8, 4) is 0 Å². The molecule has 0 atom stereocenters. The van der Waals surface area contributed by atoms with Crippen molar-refractivity contribution in [2.45, 2.75) is 24.8 Å². The van der Waals surface area contributed by atoms with E-state index in [1.165, 1.54) is 16.3 Å². The standard InChI is InChI=1S/C16H18ClN/c17-15-8-10-18(11-9-15)12-14-6-3-5-13-4-1-2-7-16(13)14/h1-7,15H,8-12H2. The average Bonchev–Trinajstić information content (AvgIpc) is 2.42. The number of nitrogens with zero attached hydrogens (tertiary/aromatic N) is 1. The van der Waals surface area contributed by atoms with E-state index < -0.39 is 0 Å². The number of halogens is 1. The van der Waals surface area contributed by atoms with Gasteiger partial charge in [-0.05, 0) is 42.3 Å². The van der Waals surface area contributed by atoms with E-state index >= 15 is 0 Å². The van der Waals surface area contributed by atoms with E-state index in [0.717, 1.165) is 32.5 Å². The Hall–Kier alpha value is -1.05. The number of benzene rings is 2. The fraction of sp³-hybridized carbons (Fsp3) is 0.375. The summed E-state index contributed by atoms with van der Waals surface area (Å²) in [7, 11) is 0. The Balaban J connectivity index is 1.82. The van der Waals surface area contributed by atoms with Crippen LogP contribution >= 0.6 is 11.6 Å². The van der Waals surface area contributed by atoms with E-state index in [0.29, 0.717) is 5.38 Å². The third-order valence-corrected chi connectivity index (χ3v) is 4.23. The molecule has 0 radical (unpaired) electrons. The number of alkyl halides is 1. The van der Waals surface area contributed by atoms with Crippen molar-refractivity contribution >= 4 is 22.4 Å². The van der Waals surface area contributed by atoms with Gasteiger partial charge in [0.1, 0.15) is 0 Å². The minimum atomic E-state index is 0.383. The number of likely N-dealkylation sites (tertiary alicyclic amines) is 1. The highest BCUT2D eigenvalue weighted by Crippen LogP contribution is 2.22. The van der Waals surface area contributed by atoms with E-state index in [4.69, 9.17) is 11.6 Å². The molecule has 2 heteroatoms. The largest absolute Gasteiger partial charge is 0.299 e. The van der Waals surface area contributed by atoms with Crippen LogP contribution in [0.5, 0.6) is 0 Å². The van der Waals surface area contributed by atoms with Gasteiger partial charge in [0.25, 0.3) is 0 Å². The van der Waals surface area contributed by atoms with Crippen LogP contribution in [0.4, 0.5) is 0 Å². The van der Waals surface area contributed by atoms with Crippen molar-refractivity contribution in [3.05, 3.63) is 48.0 Å². The molecular formula is C16H18ClN. The average molecular weight is 260 g/mol. The Morgan fingerprint density at radius 2 is 1.72 bits per heavy atom. The molecular weight excluding hydrogens is 242 g/mol. The van der Waals surface area contributed by atoms with Gasteiger partial charge in [-0.25, -0.2) is 0 Å². The molecule has 1 saturated heterocycles. The molecule has 1 heterocycles. The molecule has 3 rings (SSSR count). The fourth-order valence-electron chi connectivity index (χ4n) is 2.73. The zero-order valence-electron chi connectivity index (χ0n) is 10.5. The minimum absolute atomic E-state index is 0.383. The molecule has 94 valence electrons. The van der Waals surface area contributed by atoms with Crippen molar-refractivity contribution in [1.82, 2.24) is 4.90 Å². The number of hydrogen-bond donors (Lipinski definition) is 0. The summed E-state index contributed by atoms with van der Waals surface area (Å²) in [4.78, 5) is 2.51. The van der Waals surface area contributed by atoms with Gasteiger partial charge in [-0.1, -0.05) is 42.5 Å². The van der Waals surface area contributed by atoms with Crippen LogP contribution in [-0.2, 0) is 6.54 Å². The zero-order valence-corrected chi connectivity index (χ0v) is 11.2. The van der Waals surface area contributed by atoms with Crippen molar-refractivity contribution in [1.29, 1.82) is 0 Å². The number of hydrogen-bond acceptors (Lipinski definition) is 1. The second-order valence-corrected chi connectivity index (χ2v) is 5.71. The van der Waals surface area contributed by atoms with Gasteiger partial charge in [-0.2, -0.15) is 0 Å². The summed E-state index contributed by atoms with van der Waals surface area (Å²) in [5, 5.41) is 3.10. The molecule has 0 aromatic heterocycles. The normalized spacial score (nSPS) is 18.3. The highest BCUT2D eigenvalue weighted by molar-refractivity contribution is 6.20. The van der Waals surface area contributed by atoms with Gasteiger partial charge < -0.3 is 0 Å². The first-order valence-corrected chi connectivity index (χ1v) is 7.09. The molecule has 1 aliphatic heterocycles. The van der Waals surface area contributed by atoms with E-state index in [-0.39, 0.29) is 0 Å². The molecule has 1 aliphatic rings. The number of piperidine rings is 1. The van der Waals surface area contributed by atoms with Crippen LogP contribution in [0.3, 0.4) is 0 Å². The minimum Gasteiger partial charge on any atom is -0.299 e. The lowest BCUT2D eigenvalue weighted by Gasteiger charge is -2.29. The maximum Gasteiger partial charge on any atom is 0.0360 e. The lowest BCUT2D eigenvalue weighted by molar-refractivity contribution is 0.224. The molecule has 0 amide bonds. The summed E-state index contributed by atoms with van der Waals surface area (Å²) in [5.41, 5.74) is 1.43. The van der Waals surface area contributed by atoms with Crippen molar-refractivity contribution in [3.63, 3.8) is 0 Å². The summed E-state index contributed by atoms with van der Waals surface area (Å²) < 4.78 is 0. The summed E-state index contributed by atoms with van der Waals surface area (Å²) in [6, 6.07) is 15.2. The summed E-state index contributed by atoms with van der Waals surface area (Å²) in [6.07, 6.45) is 2.23. The SMILES string of the molecule is ClC1CCN(Cc2cccc3ccccc23)CC1. The van der Waals surface area contributed by atoms with E-state index in [2.05, 4.69) is 47.4 Å². The van der Waals surface area contributed by atoms with Crippen LogP contribution in [0.1, 0.15) is 18.4 Å². The predicted molar refractivity (Wildman–Crippen MR) is 78.1 cm³/mol. The first-order valence-electron chi connectivity index (χ1n) is 6.66. The van der Waals surface area contributed by atoms with E-state index in [1.54, 1.807) is 0 Å². The predicted octanol–water partition coefficient (Wildman–Crippen LogP) is 4.04. The van der Waals surface area contributed by atoms with E-state index in [9.17, 15) is 0 Å². The van der Waals surface area contributed by atoms with Crippen LogP contribution in [0.15, 0.2) is 42.5 Å². The summed E-state index contributed by atoms with van der Waals surface area (Å²) in [5.74, 6) is 0. The van der Waals surface area contributed by atoms with E-state index in [1.807, 2.05) is 0 Å². The molecule has 0 N–H and O–H groups in total. The molecule has 18 heavy (non-hydrogen) atoms. The van der Waals surface area contributed by atoms with Gasteiger partial charge in [-0.15, -0.1) is 11.6 Å². The second-order valence-electron chi connectivity index (χ2n) is 5.09. The van der Waals surface area contributed by atoms with Crippen LogP contribution in [0, 0.1) is 0 Å². The first kappa shape index (κ1) is 12.0. The van der Waals surface area contributed by atoms with Crippen LogP contribution in [0.2, 0.25) is 0 Å². The Morgan fingerprint density at radius 3 is 2.56 bits per heavy atom. The van der Waals surface area contributed by atoms with Crippen molar-refractivity contribution in [2.75, 3.05) is 13.1 Å². The Labute approximate surface area is 113 Å². The van der Waals surface area contributed by atoms with Crippen molar-refractivity contribution in [2.24, 2.45) is 0 Å². The quantitative estimate of drug-likeness (QED) is 0.736. The van der Waals surface area contributed by atoms with Gasteiger partial charge in [0, 0.05) is 11.9 Å². The summed E-state index contributed by atoms with van der Waals surface area (Å²) in [6.45, 7) is 3.29. The lowest BCUT2D eigenvalue weighted by atomic mass is 10.0. The first-order chi connectivity index (χ1) is 8.83. The van der Waals surface area contributed by atoms with Crippen molar-refractivity contribution < 1.29 is 0 Å². The molecule has 2 aromatic carbocycles. The maximum atomic E-state index is 6.15. The molecule has 0 aliphatic carbocycles. The molecule has 0 saturated carbocycles. The Morgan fingerprint density at radius 1 is 1.00 bits per heavy atom. The van der Waals surface area contributed by atoms with Gasteiger partial charge >= 0.3 is 0 Å². The van der Waals surface area contributed by atoms with Gasteiger partial charge in [0.2, 0.25) is 0 Å². The fourth-order valence-corrected chi connectivity index (χ4v) is 2.93. The Bertz CT molecular complexity index is 524. The number of fused-ring (bicyclic) bond motifs is 1. The third-order valence-electron chi connectivity index (χ3n) is 3.79. The monoisotopic (exact) mass is 259 g/mol. The molecule has 0 bridgehead atoms. The van der Waals surface area contributed by atoms with Gasteiger partial charge in [-0.3, -0.25) is 4.90 Å². The zero-order chi connectivity index (χ0) is 12.4. The third kappa shape index (κ3) is 2.52. The van der Waals surface area contributed by atoms with Gasteiger partial charge in [0.15, 0.2) is 0 Å². The summed E-state index contributed by atoms with van der Waals surface area (Å²) >= 11 is 6.15. The topological polar surface area (TPSA) is 3.24 Å².